The monoisotopic (exact) mass is 891 g/mol. The Morgan fingerprint density at radius 2 is 0.921 bits per heavy atom. The molecule has 9 heteroatoms. The summed E-state index contributed by atoms with van der Waals surface area (Å²) in [4.78, 5) is 14.8. The Bertz CT molecular complexity index is 953. The van der Waals surface area contributed by atoms with Gasteiger partial charge in [-0.25, -0.2) is 4.79 Å². The number of carbonyl (C=O) groups excluding carboxylic acids is 1. The zero-order chi connectivity index (χ0) is 45.8. The lowest BCUT2D eigenvalue weighted by molar-refractivity contribution is -0.0546. The highest BCUT2D eigenvalue weighted by atomic mass is 16.5. The van der Waals surface area contributed by atoms with E-state index in [2.05, 4.69) is 78.3 Å². The van der Waals surface area contributed by atoms with E-state index in [1.54, 1.807) is 0 Å². The minimum Gasteiger partial charge on any atom is -0.379 e. The predicted molar refractivity (Wildman–Crippen MR) is 276 cm³/mol. The number of nitrogens with zero attached hydrogens (tertiary/aromatic N) is 1. The smallest absolute Gasteiger partial charge is 0.314 e. The molecule has 63 heavy (non-hydrogen) atoms. The molecule has 0 saturated heterocycles. The molecule has 9 nitrogen and oxygen atoms in total. The van der Waals surface area contributed by atoms with Gasteiger partial charge in [-0.1, -0.05) is 154 Å². The summed E-state index contributed by atoms with van der Waals surface area (Å²) in [6.07, 6.45) is 50.7. The Morgan fingerprint density at radius 1 is 0.508 bits per heavy atom. The molecule has 2 atom stereocenters. The van der Waals surface area contributed by atoms with Crippen molar-refractivity contribution in [1.82, 2.24) is 26.2 Å². The van der Waals surface area contributed by atoms with Crippen molar-refractivity contribution >= 4 is 6.03 Å². The number of carbonyl (C=O) groups is 1. The Morgan fingerprint density at radius 3 is 1.41 bits per heavy atom. The number of rotatable bonds is 52. The number of nitrogens with two attached hydrogens (primary N) is 1. The molecule has 0 aliphatic heterocycles. The van der Waals surface area contributed by atoms with Crippen molar-refractivity contribution in [1.29, 1.82) is 0 Å². The summed E-state index contributed by atoms with van der Waals surface area (Å²) in [7, 11) is 2.14. The molecule has 0 radical (unpaired) electrons. The van der Waals surface area contributed by atoms with E-state index < -0.39 is 0 Å². The van der Waals surface area contributed by atoms with Crippen LogP contribution in [0.5, 0.6) is 0 Å². The van der Waals surface area contributed by atoms with Crippen LogP contribution in [0.25, 0.3) is 0 Å². The largest absolute Gasteiger partial charge is 0.379 e. The van der Waals surface area contributed by atoms with E-state index in [0.29, 0.717) is 19.7 Å². The molecule has 6 N–H and O–H groups in total. The minimum absolute atomic E-state index is 0.0148. The Kier molecular flexibility index (Phi) is 51.9. The van der Waals surface area contributed by atoms with Gasteiger partial charge in [0.1, 0.15) is 0 Å². The highest BCUT2D eigenvalue weighted by Crippen LogP contribution is 2.14. The maximum atomic E-state index is 12.5. The van der Waals surface area contributed by atoms with Gasteiger partial charge in [0.15, 0.2) is 0 Å². The zero-order valence-corrected chi connectivity index (χ0v) is 42.6. The quantitative estimate of drug-likeness (QED) is 0.0305. The molecule has 0 saturated carbocycles. The van der Waals surface area contributed by atoms with E-state index in [4.69, 9.17) is 15.2 Å². The molecule has 0 rings (SSSR count). The van der Waals surface area contributed by atoms with Crippen molar-refractivity contribution in [3.05, 3.63) is 24.3 Å². The third-order valence-electron chi connectivity index (χ3n) is 12.4. The lowest BCUT2D eigenvalue weighted by atomic mass is 10.1. The van der Waals surface area contributed by atoms with Crippen LogP contribution in [0.1, 0.15) is 226 Å². The lowest BCUT2D eigenvalue weighted by Crippen LogP contribution is -2.47. The number of likely N-dealkylation sites (N-methyl/N-ethyl adjacent to an activating group) is 1. The second-order valence-corrected chi connectivity index (χ2v) is 18.5. The summed E-state index contributed by atoms with van der Waals surface area (Å²) in [5.41, 5.74) is 5.53. The first-order valence-corrected chi connectivity index (χ1v) is 27.4. The van der Waals surface area contributed by atoms with Crippen molar-refractivity contribution in [2.75, 3.05) is 79.2 Å². The van der Waals surface area contributed by atoms with Crippen molar-refractivity contribution in [3.63, 3.8) is 0 Å². The summed E-state index contributed by atoms with van der Waals surface area (Å²) in [5.74, 6) is 0. The van der Waals surface area contributed by atoms with Crippen molar-refractivity contribution in [2.45, 2.75) is 238 Å². The van der Waals surface area contributed by atoms with Crippen molar-refractivity contribution in [3.8, 4) is 0 Å². The van der Waals surface area contributed by atoms with Crippen LogP contribution in [0.15, 0.2) is 24.3 Å². The van der Waals surface area contributed by atoms with Crippen LogP contribution in [-0.4, -0.2) is 102 Å². The average molecular weight is 892 g/mol. The zero-order valence-electron chi connectivity index (χ0n) is 42.6. The molecule has 0 fully saturated rings. The molecule has 0 spiro atoms. The van der Waals surface area contributed by atoms with Crippen LogP contribution in [0.4, 0.5) is 4.79 Å². The first-order valence-electron chi connectivity index (χ1n) is 27.4. The Hall–Kier alpha value is -1.49. The maximum Gasteiger partial charge on any atom is 0.314 e. The number of allylic oxidation sites excluding steroid dienone is 4. The van der Waals surface area contributed by atoms with E-state index in [1.807, 2.05) is 0 Å². The summed E-state index contributed by atoms with van der Waals surface area (Å²) in [6.45, 7) is 15.8. The number of nitrogens with one attached hydrogen (secondary N) is 4. The highest BCUT2D eigenvalue weighted by Gasteiger charge is 2.22. The van der Waals surface area contributed by atoms with Crippen molar-refractivity contribution in [2.24, 2.45) is 5.73 Å². The van der Waals surface area contributed by atoms with E-state index in [9.17, 15) is 4.79 Å². The summed E-state index contributed by atoms with van der Waals surface area (Å²) in [5, 5.41) is 13.0. The third kappa shape index (κ3) is 48.3. The molecule has 0 aromatic carbocycles. The fraction of sp³-hybridized carbons (Fsp3) is 0.907. The maximum absolute atomic E-state index is 12.5. The molecular weight excluding hydrogens is 781 g/mol. The van der Waals surface area contributed by atoms with Gasteiger partial charge in [0.2, 0.25) is 0 Å². The topological polar surface area (TPSA) is 113 Å². The molecule has 0 aliphatic rings. The second kappa shape index (κ2) is 53.1. The standard InChI is InChI=1S/C54H110N6O3/c1-5-7-9-11-13-15-17-19-21-23-25-27-29-31-33-37-49-62-51-53(63-50-38-34-32-30-28-26-24-22-20-18-16-14-12-10-8-6-2)52(3)60(4)48-47-59-54(61)58-46-40-45-57-43-36-35-42-56-44-39-41-55/h19-22,52-53,56-57H,5-18,23-51,55H2,1-4H3,(H2,58,59,61)/b21-19-,22-20-. The fourth-order valence-electron chi connectivity index (χ4n) is 7.85. The van der Waals surface area contributed by atoms with Gasteiger partial charge in [-0.05, 0) is 137 Å². The van der Waals surface area contributed by atoms with Gasteiger partial charge in [0.05, 0.1) is 12.7 Å². The van der Waals surface area contributed by atoms with Crippen LogP contribution in [0, 0.1) is 0 Å². The molecule has 2 unspecified atom stereocenters. The summed E-state index contributed by atoms with van der Waals surface area (Å²) >= 11 is 0. The first-order chi connectivity index (χ1) is 31.1. The number of urea groups is 1. The molecule has 0 heterocycles. The lowest BCUT2D eigenvalue weighted by Gasteiger charge is -2.32. The van der Waals surface area contributed by atoms with Gasteiger partial charge < -0.3 is 36.5 Å². The number of unbranched alkanes of at least 4 members (excludes halogenated alkanes) is 25. The summed E-state index contributed by atoms with van der Waals surface area (Å²) < 4.78 is 12.8. The normalized spacial score (nSPS) is 12.9. The number of hydrogen-bond acceptors (Lipinski definition) is 7. The first kappa shape index (κ1) is 61.5. The van der Waals surface area contributed by atoms with Crippen LogP contribution in [0.3, 0.4) is 0 Å². The minimum atomic E-state index is -0.0913. The average Bonchev–Trinajstić information content (AvgIpc) is 3.29. The fourth-order valence-corrected chi connectivity index (χ4v) is 7.85. The van der Waals surface area contributed by atoms with Crippen LogP contribution in [-0.2, 0) is 9.47 Å². The van der Waals surface area contributed by atoms with Crippen molar-refractivity contribution < 1.29 is 14.3 Å². The SMILES string of the molecule is CCCCCCCC/C=C\CCCCCCCCOCC(OCCCCCCCC/C=C\CCCCCCCC)C(C)N(C)CCNC(=O)NCCCNCCCCNCCCN. The van der Waals surface area contributed by atoms with E-state index in [0.717, 1.165) is 84.6 Å². The molecule has 374 valence electrons. The Balaban J connectivity index is 4.35. The van der Waals surface area contributed by atoms with Crippen LogP contribution in [0.2, 0.25) is 0 Å². The summed E-state index contributed by atoms with van der Waals surface area (Å²) in [6, 6.07) is 0.1000. The van der Waals surface area contributed by atoms with Gasteiger partial charge in [-0.2, -0.15) is 0 Å². The third-order valence-corrected chi connectivity index (χ3v) is 12.4. The van der Waals surface area contributed by atoms with Gasteiger partial charge in [0, 0.05) is 38.9 Å². The number of hydrogen-bond donors (Lipinski definition) is 5. The predicted octanol–water partition coefficient (Wildman–Crippen LogP) is 12.8. The van der Waals surface area contributed by atoms with Gasteiger partial charge in [-0.15, -0.1) is 0 Å². The van der Waals surface area contributed by atoms with E-state index in [-0.39, 0.29) is 18.2 Å². The molecule has 0 aromatic heterocycles. The molecule has 0 bridgehead atoms. The Labute approximate surface area is 392 Å². The van der Waals surface area contributed by atoms with E-state index in [1.165, 1.54) is 173 Å². The number of ether oxygens (including phenoxy) is 2. The van der Waals surface area contributed by atoms with Gasteiger partial charge in [-0.3, -0.25) is 4.90 Å². The highest BCUT2D eigenvalue weighted by molar-refractivity contribution is 5.73. The molecule has 2 amide bonds. The van der Waals surface area contributed by atoms with Gasteiger partial charge in [0.25, 0.3) is 0 Å². The van der Waals surface area contributed by atoms with Crippen LogP contribution >= 0.6 is 0 Å². The second-order valence-electron chi connectivity index (χ2n) is 18.5. The number of amides is 2. The molecule has 0 aliphatic carbocycles. The van der Waals surface area contributed by atoms with Crippen LogP contribution < -0.4 is 27.0 Å². The molecular formula is C54H110N6O3. The van der Waals surface area contributed by atoms with E-state index >= 15 is 0 Å². The van der Waals surface area contributed by atoms with Gasteiger partial charge >= 0.3 is 6.03 Å². The molecule has 0 aromatic rings.